The Morgan fingerprint density at radius 1 is 1.29 bits per heavy atom. The lowest BCUT2D eigenvalue weighted by Crippen LogP contribution is -2.17. The van der Waals surface area contributed by atoms with Gasteiger partial charge < -0.3 is 9.72 Å². The van der Waals surface area contributed by atoms with Crippen molar-refractivity contribution in [2.24, 2.45) is 0 Å². The van der Waals surface area contributed by atoms with E-state index in [1.54, 1.807) is 24.3 Å². The number of benzene rings is 1. The zero-order valence-corrected chi connectivity index (χ0v) is 9.02. The summed E-state index contributed by atoms with van der Waals surface area (Å²) in [5.41, 5.74) is 0.769. The van der Waals surface area contributed by atoms with E-state index in [0.717, 1.165) is 7.11 Å². The van der Waals surface area contributed by atoms with Crippen LogP contribution in [0.1, 0.15) is 20.8 Å². The summed E-state index contributed by atoms with van der Waals surface area (Å²) < 4.78 is 4.34. The monoisotopic (exact) mass is 231 g/mol. The third-order valence-corrected chi connectivity index (χ3v) is 2.46. The molecule has 17 heavy (non-hydrogen) atoms. The molecule has 5 heteroatoms. The summed E-state index contributed by atoms with van der Waals surface area (Å²) >= 11 is 0. The van der Waals surface area contributed by atoms with Crippen LogP contribution in [-0.2, 0) is 9.53 Å². The summed E-state index contributed by atoms with van der Waals surface area (Å²) in [4.78, 5) is 36.6. The first kappa shape index (κ1) is 11.1. The fourth-order valence-electron chi connectivity index (χ4n) is 1.66. The van der Waals surface area contributed by atoms with E-state index < -0.39 is 11.8 Å². The van der Waals surface area contributed by atoms with Gasteiger partial charge in [0.2, 0.25) is 0 Å². The number of H-pyrrole nitrogens is 1. The van der Waals surface area contributed by atoms with Gasteiger partial charge in [-0.1, -0.05) is 18.2 Å². The van der Waals surface area contributed by atoms with Crippen molar-refractivity contribution < 1.29 is 19.1 Å². The first-order valence-corrected chi connectivity index (χ1v) is 4.87. The summed E-state index contributed by atoms with van der Waals surface area (Å²) in [6, 6.07) is 6.93. The Hall–Kier alpha value is -2.43. The van der Waals surface area contributed by atoms with Crippen LogP contribution in [0.2, 0.25) is 0 Å². The molecule has 2 rings (SSSR count). The molecular formula is C12H9NO4. The molecule has 86 valence electrons. The van der Waals surface area contributed by atoms with Gasteiger partial charge in [-0.25, -0.2) is 4.79 Å². The Kier molecular flexibility index (Phi) is 2.74. The van der Waals surface area contributed by atoms with Crippen LogP contribution in [0.15, 0.2) is 24.3 Å². The van der Waals surface area contributed by atoms with Crippen LogP contribution in [0.5, 0.6) is 0 Å². The van der Waals surface area contributed by atoms with Crippen molar-refractivity contribution in [1.82, 2.24) is 4.98 Å². The minimum absolute atomic E-state index is 0.0342. The van der Waals surface area contributed by atoms with E-state index in [1.807, 2.05) is 0 Å². The van der Waals surface area contributed by atoms with Crippen LogP contribution < -0.4 is 0 Å². The molecule has 0 atom stereocenters. The van der Waals surface area contributed by atoms with Crippen molar-refractivity contribution >= 4 is 28.9 Å². The van der Waals surface area contributed by atoms with Crippen LogP contribution in [0, 0.1) is 0 Å². The zero-order chi connectivity index (χ0) is 12.4. The van der Waals surface area contributed by atoms with E-state index in [-0.39, 0.29) is 11.3 Å². The summed E-state index contributed by atoms with van der Waals surface area (Å²) in [6.07, 6.45) is 0.551. The molecule has 0 radical (unpaired) electrons. The molecule has 0 amide bonds. The Morgan fingerprint density at radius 3 is 2.65 bits per heavy atom. The quantitative estimate of drug-likeness (QED) is 0.374. The number of nitrogens with one attached hydrogen (secondary N) is 1. The Labute approximate surface area is 96.4 Å². The second-order valence-electron chi connectivity index (χ2n) is 3.40. The van der Waals surface area contributed by atoms with Gasteiger partial charge in [0.15, 0.2) is 6.29 Å². The molecule has 0 saturated heterocycles. The fourth-order valence-corrected chi connectivity index (χ4v) is 1.66. The highest BCUT2D eigenvalue weighted by Crippen LogP contribution is 2.21. The smallest absolute Gasteiger partial charge is 0.381 e. The highest BCUT2D eigenvalue weighted by Gasteiger charge is 2.23. The van der Waals surface area contributed by atoms with Crippen molar-refractivity contribution in [3.63, 3.8) is 0 Å². The van der Waals surface area contributed by atoms with Gasteiger partial charge >= 0.3 is 5.97 Å². The predicted molar refractivity (Wildman–Crippen MR) is 60.0 cm³/mol. The number of aromatic nitrogens is 1. The number of hydrogen-bond acceptors (Lipinski definition) is 4. The highest BCUT2D eigenvalue weighted by atomic mass is 16.5. The van der Waals surface area contributed by atoms with Crippen LogP contribution in [0.25, 0.3) is 10.9 Å². The number of esters is 1. The van der Waals surface area contributed by atoms with Gasteiger partial charge in [-0.2, -0.15) is 0 Å². The number of hydrogen-bond donors (Lipinski definition) is 1. The first-order valence-electron chi connectivity index (χ1n) is 4.87. The van der Waals surface area contributed by atoms with Gasteiger partial charge in [0.25, 0.3) is 5.78 Å². The van der Waals surface area contributed by atoms with Crippen LogP contribution in [-0.4, -0.2) is 30.1 Å². The first-order chi connectivity index (χ1) is 8.19. The fraction of sp³-hybridized carbons (Fsp3) is 0.0833. The lowest BCUT2D eigenvalue weighted by molar-refractivity contribution is -0.135. The zero-order valence-electron chi connectivity index (χ0n) is 9.02. The van der Waals surface area contributed by atoms with E-state index in [9.17, 15) is 14.4 Å². The van der Waals surface area contributed by atoms with Crippen molar-refractivity contribution in [3.8, 4) is 0 Å². The lowest BCUT2D eigenvalue weighted by atomic mass is 10.1. The molecule has 0 bridgehead atoms. The number of fused-ring (bicyclic) bond motifs is 1. The second kappa shape index (κ2) is 4.21. The standard InChI is InChI=1S/C12H9NO4/c1-17-12(16)11(15)10-8(6-14)7-4-2-3-5-9(7)13-10/h2-6,13H,1H3. The number of rotatable bonds is 3. The number of aldehydes is 1. The average Bonchev–Trinajstić information content (AvgIpc) is 2.75. The number of para-hydroxylation sites is 1. The molecule has 2 aromatic rings. The molecule has 1 N–H and O–H groups in total. The normalized spacial score (nSPS) is 10.2. The molecule has 0 fully saturated rings. The Balaban J connectivity index is 2.65. The molecular weight excluding hydrogens is 222 g/mol. The maximum Gasteiger partial charge on any atom is 0.381 e. The highest BCUT2D eigenvalue weighted by molar-refractivity contribution is 6.42. The number of carbonyl (C=O) groups excluding carboxylic acids is 3. The number of carbonyl (C=O) groups is 3. The number of ketones is 1. The largest absolute Gasteiger partial charge is 0.463 e. The summed E-state index contributed by atoms with van der Waals surface area (Å²) in [7, 11) is 1.11. The van der Waals surface area contributed by atoms with Crippen molar-refractivity contribution in [3.05, 3.63) is 35.5 Å². The molecule has 0 saturated carbocycles. The molecule has 1 aromatic carbocycles. The lowest BCUT2D eigenvalue weighted by Gasteiger charge is -1.96. The molecule has 0 aliphatic rings. The molecule has 0 aliphatic heterocycles. The molecule has 5 nitrogen and oxygen atoms in total. The molecule has 0 spiro atoms. The third-order valence-electron chi connectivity index (χ3n) is 2.46. The number of methoxy groups -OCH3 is 1. The van der Waals surface area contributed by atoms with Crippen molar-refractivity contribution in [2.75, 3.05) is 7.11 Å². The van der Waals surface area contributed by atoms with Gasteiger partial charge in [-0.3, -0.25) is 9.59 Å². The van der Waals surface area contributed by atoms with Crippen molar-refractivity contribution in [1.29, 1.82) is 0 Å². The van der Waals surface area contributed by atoms with E-state index in [4.69, 9.17) is 0 Å². The van der Waals surface area contributed by atoms with Gasteiger partial charge in [-0.15, -0.1) is 0 Å². The summed E-state index contributed by atoms with van der Waals surface area (Å²) in [5, 5.41) is 0.606. The number of Topliss-reactive ketones (excluding diaryl/α,β-unsaturated/α-hetero) is 1. The van der Waals surface area contributed by atoms with Gasteiger partial charge in [0.05, 0.1) is 12.7 Å². The van der Waals surface area contributed by atoms with E-state index in [2.05, 4.69) is 9.72 Å². The van der Waals surface area contributed by atoms with Gasteiger partial charge in [0, 0.05) is 10.9 Å². The topological polar surface area (TPSA) is 76.2 Å². The Bertz CT molecular complexity index is 612. The summed E-state index contributed by atoms with van der Waals surface area (Å²) in [6.45, 7) is 0. The second-order valence-corrected chi connectivity index (χ2v) is 3.40. The summed E-state index contributed by atoms with van der Waals surface area (Å²) in [5.74, 6) is -1.86. The SMILES string of the molecule is COC(=O)C(=O)c1[nH]c2ccccc2c1C=O. The minimum atomic E-state index is -1.00. The number of aromatic amines is 1. The predicted octanol–water partition coefficient (Wildman–Crippen LogP) is 1.34. The van der Waals surface area contributed by atoms with Gasteiger partial charge in [-0.05, 0) is 6.07 Å². The van der Waals surface area contributed by atoms with Crippen LogP contribution in [0.4, 0.5) is 0 Å². The third kappa shape index (κ3) is 1.71. The van der Waals surface area contributed by atoms with E-state index in [0.29, 0.717) is 17.2 Å². The molecule has 1 heterocycles. The molecule has 0 aliphatic carbocycles. The molecule has 0 unspecified atom stereocenters. The maximum atomic E-state index is 11.7. The van der Waals surface area contributed by atoms with Crippen LogP contribution in [0.3, 0.4) is 0 Å². The van der Waals surface area contributed by atoms with E-state index >= 15 is 0 Å². The Morgan fingerprint density at radius 2 is 2.00 bits per heavy atom. The molecule has 1 aromatic heterocycles. The maximum absolute atomic E-state index is 11.7. The minimum Gasteiger partial charge on any atom is -0.463 e. The van der Waals surface area contributed by atoms with E-state index in [1.165, 1.54) is 0 Å². The van der Waals surface area contributed by atoms with Crippen LogP contribution >= 0.6 is 0 Å². The van der Waals surface area contributed by atoms with Gasteiger partial charge in [0.1, 0.15) is 5.69 Å². The average molecular weight is 231 g/mol. The van der Waals surface area contributed by atoms with Crippen molar-refractivity contribution in [2.45, 2.75) is 0 Å². The number of ether oxygens (including phenoxy) is 1.